The summed E-state index contributed by atoms with van der Waals surface area (Å²) >= 11 is 0. The maximum absolute atomic E-state index is 11.9. The number of hydrogen-bond donors (Lipinski definition) is 2. The van der Waals surface area contributed by atoms with E-state index in [1.165, 1.54) is 11.6 Å². The van der Waals surface area contributed by atoms with Gasteiger partial charge < -0.3 is 19.5 Å². The van der Waals surface area contributed by atoms with Gasteiger partial charge in [0, 0.05) is 29.6 Å². The molecule has 0 aliphatic heterocycles. The molecule has 0 aliphatic carbocycles. The number of aryl methyl sites for hydroxylation is 2. The largest absolute Gasteiger partial charge is 0.494 e. The molecular weight excluding hydrogens is 466 g/mol. The zero-order chi connectivity index (χ0) is 26.2. The Hall–Kier alpha value is -4.58. The van der Waals surface area contributed by atoms with E-state index in [0.717, 1.165) is 42.2 Å². The van der Waals surface area contributed by atoms with Gasteiger partial charge in [0.15, 0.2) is 0 Å². The van der Waals surface area contributed by atoms with Crippen LogP contribution in [0.4, 0.5) is 0 Å². The minimum atomic E-state index is -1.14. The molecule has 4 aromatic rings. The molecular formula is C31H29NO5. The average molecular weight is 496 g/mol. The Labute approximate surface area is 215 Å². The van der Waals surface area contributed by atoms with Crippen LogP contribution in [0.25, 0.3) is 29.1 Å². The number of rotatable bonds is 11. The molecule has 0 radical (unpaired) electrons. The third kappa shape index (κ3) is 6.35. The highest BCUT2D eigenvalue weighted by Gasteiger charge is 2.20. The lowest BCUT2D eigenvalue weighted by Gasteiger charge is -2.07. The molecule has 37 heavy (non-hydrogen) atoms. The number of benzene rings is 3. The quantitative estimate of drug-likeness (QED) is 0.140. The Balaban J connectivity index is 1.46. The molecule has 0 unspecified atom stereocenters. The summed E-state index contributed by atoms with van der Waals surface area (Å²) in [6.45, 7) is 0.663. The van der Waals surface area contributed by atoms with Crippen LogP contribution in [0.2, 0.25) is 0 Å². The smallest absolute Gasteiger partial charge is 0.353 e. The molecule has 0 saturated carbocycles. The molecule has 0 saturated heterocycles. The van der Waals surface area contributed by atoms with Crippen molar-refractivity contribution >= 4 is 41.1 Å². The monoisotopic (exact) mass is 495 g/mol. The van der Waals surface area contributed by atoms with Gasteiger partial charge >= 0.3 is 11.9 Å². The zero-order valence-corrected chi connectivity index (χ0v) is 20.6. The van der Waals surface area contributed by atoms with Crippen LogP contribution in [0.15, 0.2) is 78.9 Å². The molecule has 1 aromatic heterocycles. The van der Waals surface area contributed by atoms with E-state index in [-0.39, 0.29) is 5.69 Å². The molecule has 6 nitrogen and oxygen atoms in total. The van der Waals surface area contributed by atoms with Crippen LogP contribution < -0.4 is 4.74 Å². The van der Waals surface area contributed by atoms with Crippen molar-refractivity contribution in [3.05, 3.63) is 107 Å². The summed E-state index contributed by atoms with van der Waals surface area (Å²) in [6, 6.07) is 23.8. The first-order valence-electron chi connectivity index (χ1n) is 12.1. The fourth-order valence-electron chi connectivity index (χ4n) is 4.39. The molecule has 0 spiro atoms. The number of ether oxygens (including phenoxy) is 1. The predicted molar refractivity (Wildman–Crippen MR) is 147 cm³/mol. The third-order valence-corrected chi connectivity index (χ3v) is 6.20. The van der Waals surface area contributed by atoms with Gasteiger partial charge in [-0.25, -0.2) is 9.59 Å². The number of aliphatic carboxylic acids is 1. The van der Waals surface area contributed by atoms with Gasteiger partial charge in [-0.2, -0.15) is 0 Å². The van der Waals surface area contributed by atoms with Crippen LogP contribution in [-0.4, -0.2) is 33.3 Å². The highest BCUT2D eigenvalue weighted by atomic mass is 16.5. The third-order valence-electron chi connectivity index (χ3n) is 6.20. The first-order valence-corrected chi connectivity index (χ1v) is 12.1. The SMILES string of the molecule is Cn1c(C(=O)O)c(/C=C/C(=O)O)c2c(/C=C/c3ccc(OCCCCc4ccccc4)cc3)cccc21. The summed E-state index contributed by atoms with van der Waals surface area (Å²) < 4.78 is 7.45. The van der Waals surface area contributed by atoms with E-state index in [0.29, 0.717) is 23.1 Å². The minimum Gasteiger partial charge on any atom is -0.494 e. The van der Waals surface area contributed by atoms with Crippen molar-refractivity contribution in [1.29, 1.82) is 0 Å². The molecule has 1 heterocycles. The number of fused-ring (bicyclic) bond motifs is 1. The first-order chi connectivity index (χ1) is 17.9. The highest BCUT2D eigenvalue weighted by Crippen LogP contribution is 2.31. The van der Waals surface area contributed by atoms with E-state index in [9.17, 15) is 14.7 Å². The summed E-state index contributed by atoms with van der Waals surface area (Å²) in [7, 11) is 1.66. The standard InChI is InChI=1S/C31H29NO5/c1-32-27-12-7-11-24(29(27)26(19-20-28(33)34)30(32)31(35)36)16-13-23-14-17-25(18-15-23)37-21-6-5-10-22-8-3-2-4-9-22/h2-4,7-9,11-20H,5-6,10,21H2,1H3,(H,33,34)(H,35,36)/b16-13+,20-19+. The number of aromatic nitrogens is 1. The number of carboxylic acid groups (broad SMARTS) is 2. The van der Waals surface area contributed by atoms with E-state index in [1.54, 1.807) is 11.6 Å². The second-order valence-corrected chi connectivity index (χ2v) is 8.73. The second-order valence-electron chi connectivity index (χ2n) is 8.73. The average Bonchev–Trinajstić information content (AvgIpc) is 3.19. The maximum atomic E-state index is 11.9. The van der Waals surface area contributed by atoms with Crippen LogP contribution in [0.1, 0.15) is 45.6 Å². The van der Waals surface area contributed by atoms with Crippen molar-refractivity contribution in [3.8, 4) is 5.75 Å². The molecule has 0 aliphatic rings. The zero-order valence-electron chi connectivity index (χ0n) is 20.6. The predicted octanol–water partition coefficient (Wildman–Crippen LogP) is 6.55. The van der Waals surface area contributed by atoms with E-state index in [1.807, 2.05) is 60.7 Å². The summed E-state index contributed by atoms with van der Waals surface area (Å²) in [5.41, 5.74) is 4.21. The number of aromatic carboxylic acids is 1. The number of carboxylic acids is 2. The van der Waals surface area contributed by atoms with Crippen LogP contribution in [0.5, 0.6) is 5.75 Å². The topological polar surface area (TPSA) is 88.8 Å². The number of hydrogen-bond acceptors (Lipinski definition) is 3. The van der Waals surface area contributed by atoms with Gasteiger partial charge in [-0.15, -0.1) is 0 Å². The molecule has 0 amide bonds. The van der Waals surface area contributed by atoms with E-state index >= 15 is 0 Å². The fourth-order valence-corrected chi connectivity index (χ4v) is 4.39. The molecule has 0 fully saturated rings. The minimum absolute atomic E-state index is 0.0404. The summed E-state index contributed by atoms with van der Waals surface area (Å²) in [5, 5.41) is 19.5. The van der Waals surface area contributed by atoms with Gasteiger partial charge in [-0.05, 0) is 60.2 Å². The van der Waals surface area contributed by atoms with Gasteiger partial charge in [-0.1, -0.05) is 66.7 Å². The Kier molecular flexibility index (Phi) is 8.21. The fraction of sp³-hybridized carbons (Fsp3) is 0.161. The molecule has 0 bridgehead atoms. The van der Waals surface area contributed by atoms with Crippen molar-refractivity contribution in [2.75, 3.05) is 6.61 Å². The van der Waals surface area contributed by atoms with Crippen LogP contribution in [0.3, 0.4) is 0 Å². The summed E-state index contributed by atoms with van der Waals surface area (Å²) in [6.07, 6.45) is 9.25. The van der Waals surface area contributed by atoms with Gasteiger partial charge in [-0.3, -0.25) is 0 Å². The molecule has 188 valence electrons. The Bertz CT molecular complexity index is 1450. The van der Waals surface area contributed by atoms with E-state index in [2.05, 4.69) is 24.3 Å². The Morgan fingerprint density at radius 3 is 2.32 bits per heavy atom. The van der Waals surface area contributed by atoms with E-state index < -0.39 is 11.9 Å². The first kappa shape index (κ1) is 25.5. The van der Waals surface area contributed by atoms with Crippen molar-refractivity contribution in [3.63, 3.8) is 0 Å². The Morgan fingerprint density at radius 2 is 1.62 bits per heavy atom. The van der Waals surface area contributed by atoms with E-state index in [4.69, 9.17) is 9.84 Å². The number of carbonyl (C=O) groups is 2. The lowest BCUT2D eigenvalue weighted by Crippen LogP contribution is -2.05. The van der Waals surface area contributed by atoms with Gasteiger partial charge in [0.1, 0.15) is 11.4 Å². The van der Waals surface area contributed by atoms with Crippen LogP contribution >= 0.6 is 0 Å². The lowest BCUT2D eigenvalue weighted by atomic mass is 10.0. The molecule has 4 rings (SSSR count). The molecule has 0 atom stereocenters. The van der Waals surface area contributed by atoms with Gasteiger partial charge in [0.2, 0.25) is 0 Å². The van der Waals surface area contributed by atoms with Crippen molar-refractivity contribution < 1.29 is 24.5 Å². The van der Waals surface area contributed by atoms with Crippen LogP contribution in [0, 0.1) is 0 Å². The second kappa shape index (κ2) is 11.9. The lowest BCUT2D eigenvalue weighted by molar-refractivity contribution is -0.131. The summed E-state index contributed by atoms with van der Waals surface area (Å²) in [5.74, 6) is -1.44. The van der Waals surface area contributed by atoms with Gasteiger partial charge in [0.05, 0.1) is 6.61 Å². The Morgan fingerprint density at radius 1 is 0.865 bits per heavy atom. The van der Waals surface area contributed by atoms with Crippen molar-refractivity contribution in [1.82, 2.24) is 4.57 Å². The molecule has 2 N–H and O–H groups in total. The van der Waals surface area contributed by atoms with Gasteiger partial charge in [0.25, 0.3) is 0 Å². The number of unbranched alkanes of at least 4 members (excludes halogenated alkanes) is 1. The summed E-state index contributed by atoms with van der Waals surface area (Å²) in [4.78, 5) is 23.0. The maximum Gasteiger partial charge on any atom is 0.353 e. The molecule has 6 heteroatoms. The molecule has 3 aromatic carbocycles. The normalized spacial score (nSPS) is 11.5. The van der Waals surface area contributed by atoms with Crippen molar-refractivity contribution in [2.24, 2.45) is 7.05 Å². The van der Waals surface area contributed by atoms with Crippen LogP contribution in [-0.2, 0) is 18.3 Å². The number of nitrogens with zero attached hydrogens (tertiary/aromatic N) is 1. The highest BCUT2D eigenvalue weighted by molar-refractivity contribution is 6.07. The van der Waals surface area contributed by atoms with Crippen molar-refractivity contribution in [2.45, 2.75) is 19.3 Å².